The van der Waals surface area contributed by atoms with E-state index in [1.807, 2.05) is 0 Å². The zero-order valence-electron chi connectivity index (χ0n) is 13.5. The number of halogens is 1. The molecule has 2 aromatic carbocycles. The first kappa shape index (κ1) is 17.6. The number of carbonyl (C=O) groups excluding carboxylic acids is 1. The van der Waals surface area contributed by atoms with Crippen molar-refractivity contribution in [1.29, 1.82) is 0 Å². The SMILES string of the molecule is O=C(NCCc1ccccc1F)c1cccc(S(=O)(=O)NC2CC2)c1. The Morgan fingerprint density at radius 2 is 1.88 bits per heavy atom. The molecule has 7 heteroatoms. The Morgan fingerprint density at radius 3 is 2.60 bits per heavy atom. The standard InChI is InChI=1S/C18H19FN2O3S/c19-17-7-2-1-4-13(17)10-11-20-18(22)14-5-3-6-16(12-14)25(23,24)21-15-8-9-15/h1-7,12,15,21H,8-11H2,(H,20,22). The van der Waals surface area contributed by atoms with Crippen LogP contribution in [0.25, 0.3) is 0 Å². The first-order valence-electron chi connectivity index (χ1n) is 8.10. The maximum atomic E-state index is 13.5. The molecule has 1 aliphatic rings. The molecule has 1 aliphatic carbocycles. The van der Waals surface area contributed by atoms with Gasteiger partial charge in [-0.1, -0.05) is 24.3 Å². The molecule has 0 unspecified atom stereocenters. The van der Waals surface area contributed by atoms with Gasteiger partial charge in [-0.2, -0.15) is 0 Å². The van der Waals surface area contributed by atoms with E-state index in [1.165, 1.54) is 24.3 Å². The smallest absolute Gasteiger partial charge is 0.251 e. The molecule has 0 radical (unpaired) electrons. The molecule has 0 aliphatic heterocycles. The van der Waals surface area contributed by atoms with Crippen LogP contribution < -0.4 is 10.0 Å². The zero-order chi connectivity index (χ0) is 17.9. The van der Waals surface area contributed by atoms with Crippen LogP contribution in [0, 0.1) is 5.82 Å². The van der Waals surface area contributed by atoms with Gasteiger partial charge in [-0.25, -0.2) is 17.5 Å². The van der Waals surface area contributed by atoms with Crippen molar-refractivity contribution in [3.05, 3.63) is 65.5 Å². The van der Waals surface area contributed by atoms with E-state index in [2.05, 4.69) is 10.0 Å². The maximum Gasteiger partial charge on any atom is 0.251 e. The minimum atomic E-state index is -3.60. The van der Waals surface area contributed by atoms with Crippen LogP contribution in [0.15, 0.2) is 53.4 Å². The van der Waals surface area contributed by atoms with Gasteiger partial charge in [0, 0.05) is 18.2 Å². The molecule has 0 atom stereocenters. The van der Waals surface area contributed by atoms with Gasteiger partial charge in [0.2, 0.25) is 10.0 Å². The summed E-state index contributed by atoms with van der Waals surface area (Å²) < 4.78 is 40.5. The van der Waals surface area contributed by atoms with E-state index in [1.54, 1.807) is 24.3 Å². The van der Waals surface area contributed by atoms with Gasteiger partial charge >= 0.3 is 0 Å². The molecule has 0 saturated heterocycles. The Bertz CT molecular complexity index is 879. The molecule has 0 aromatic heterocycles. The fraction of sp³-hybridized carbons (Fsp3) is 0.278. The summed E-state index contributed by atoms with van der Waals surface area (Å²) in [5, 5.41) is 2.69. The molecule has 25 heavy (non-hydrogen) atoms. The molecular formula is C18H19FN2O3S. The predicted molar refractivity (Wildman–Crippen MR) is 92.2 cm³/mol. The highest BCUT2D eigenvalue weighted by Gasteiger charge is 2.28. The van der Waals surface area contributed by atoms with Crippen LogP contribution in [0.3, 0.4) is 0 Å². The van der Waals surface area contributed by atoms with Crippen LogP contribution in [-0.4, -0.2) is 26.9 Å². The second kappa shape index (κ2) is 7.33. The Kier molecular flexibility index (Phi) is 5.15. The van der Waals surface area contributed by atoms with Crippen molar-refractivity contribution in [2.75, 3.05) is 6.54 Å². The highest BCUT2D eigenvalue weighted by molar-refractivity contribution is 7.89. The van der Waals surface area contributed by atoms with E-state index in [0.29, 0.717) is 12.0 Å². The second-order valence-corrected chi connectivity index (χ2v) is 7.73. The second-order valence-electron chi connectivity index (χ2n) is 6.02. The molecule has 1 amide bonds. The van der Waals surface area contributed by atoms with Crippen molar-refractivity contribution >= 4 is 15.9 Å². The normalized spacial score (nSPS) is 14.3. The average Bonchev–Trinajstić information content (AvgIpc) is 3.40. The molecule has 5 nitrogen and oxygen atoms in total. The van der Waals surface area contributed by atoms with E-state index in [9.17, 15) is 17.6 Å². The van der Waals surface area contributed by atoms with Gasteiger partial charge in [-0.05, 0) is 49.1 Å². The van der Waals surface area contributed by atoms with Crippen LogP contribution >= 0.6 is 0 Å². The van der Waals surface area contributed by atoms with Crippen LogP contribution in [0.1, 0.15) is 28.8 Å². The number of rotatable bonds is 7. The minimum absolute atomic E-state index is 0.00301. The van der Waals surface area contributed by atoms with Crippen molar-refractivity contribution in [1.82, 2.24) is 10.0 Å². The zero-order valence-corrected chi connectivity index (χ0v) is 14.4. The summed E-state index contributed by atoms with van der Waals surface area (Å²) in [5.74, 6) is -0.698. The Morgan fingerprint density at radius 1 is 1.12 bits per heavy atom. The highest BCUT2D eigenvalue weighted by Crippen LogP contribution is 2.22. The number of carbonyl (C=O) groups is 1. The first-order chi connectivity index (χ1) is 12.0. The van der Waals surface area contributed by atoms with Gasteiger partial charge in [0.15, 0.2) is 0 Å². The number of benzene rings is 2. The number of hydrogen-bond donors (Lipinski definition) is 2. The highest BCUT2D eigenvalue weighted by atomic mass is 32.2. The third-order valence-electron chi connectivity index (χ3n) is 3.94. The molecule has 3 rings (SSSR count). The molecule has 1 fully saturated rings. The maximum absolute atomic E-state index is 13.5. The summed E-state index contributed by atoms with van der Waals surface area (Å²) in [7, 11) is -3.60. The summed E-state index contributed by atoms with van der Waals surface area (Å²) in [5.41, 5.74) is 0.778. The number of sulfonamides is 1. The van der Waals surface area contributed by atoms with Crippen LogP contribution in [0.2, 0.25) is 0 Å². The van der Waals surface area contributed by atoms with Crippen LogP contribution in [0.5, 0.6) is 0 Å². The molecule has 132 valence electrons. The lowest BCUT2D eigenvalue weighted by Gasteiger charge is -2.09. The summed E-state index contributed by atoms with van der Waals surface area (Å²) in [6.45, 7) is 0.261. The van der Waals surface area contributed by atoms with Crippen LogP contribution in [0.4, 0.5) is 4.39 Å². The molecule has 2 N–H and O–H groups in total. The third kappa shape index (κ3) is 4.64. The first-order valence-corrected chi connectivity index (χ1v) is 9.58. The van der Waals surface area contributed by atoms with Gasteiger partial charge in [0.05, 0.1) is 4.90 Å². The lowest BCUT2D eigenvalue weighted by atomic mass is 10.1. The lowest BCUT2D eigenvalue weighted by molar-refractivity contribution is 0.0954. The number of hydrogen-bond acceptors (Lipinski definition) is 3. The summed E-state index contributed by atoms with van der Waals surface area (Å²) in [6, 6.07) is 12.3. The summed E-state index contributed by atoms with van der Waals surface area (Å²) in [4.78, 5) is 12.3. The Labute approximate surface area is 146 Å². The van der Waals surface area contributed by atoms with Crippen molar-refractivity contribution in [2.24, 2.45) is 0 Å². The number of nitrogens with one attached hydrogen (secondary N) is 2. The monoisotopic (exact) mass is 362 g/mol. The van der Waals surface area contributed by atoms with Gasteiger partial charge in [-0.3, -0.25) is 4.79 Å². The fourth-order valence-electron chi connectivity index (χ4n) is 2.41. The third-order valence-corrected chi connectivity index (χ3v) is 5.46. The molecule has 2 aromatic rings. The van der Waals surface area contributed by atoms with E-state index in [-0.39, 0.29) is 34.8 Å². The molecule has 0 heterocycles. The summed E-state index contributed by atoms with van der Waals surface area (Å²) >= 11 is 0. The minimum Gasteiger partial charge on any atom is -0.352 e. The topological polar surface area (TPSA) is 75.3 Å². The predicted octanol–water partition coefficient (Wildman–Crippen LogP) is 2.24. The lowest BCUT2D eigenvalue weighted by Crippen LogP contribution is -2.28. The largest absolute Gasteiger partial charge is 0.352 e. The van der Waals surface area contributed by atoms with Crippen molar-refractivity contribution in [3.8, 4) is 0 Å². The quantitative estimate of drug-likeness (QED) is 0.793. The Balaban J connectivity index is 1.62. The van der Waals surface area contributed by atoms with E-state index in [4.69, 9.17) is 0 Å². The van der Waals surface area contributed by atoms with Gasteiger partial charge in [-0.15, -0.1) is 0 Å². The van der Waals surface area contributed by atoms with Gasteiger partial charge < -0.3 is 5.32 Å². The molecule has 0 bridgehead atoms. The van der Waals surface area contributed by atoms with Crippen molar-refractivity contribution < 1.29 is 17.6 Å². The van der Waals surface area contributed by atoms with Gasteiger partial charge in [0.1, 0.15) is 5.82 Å². The van der Waals surface area contributed by atoms with E-state index >= 15 is 0 Å². The van der Waals surface area contributed by atoms with E-state index in [0.717, 1.165) is 12.8 Å². The molecule has 1 saturated carbocycles. The van der Waals surface area contributed by atoms with Crippen molar-refractivity contribution in [2.45, 2.75) is 30.2 Å². The molecular weight excluding hydrogens is 343 g/mol. The fourth-order valence-corrected chi connectivity index (χ4v) is 3.76. The Hall–Kier alpha value is -2.25. The molecule has 0 spiro atoms. The van der Waals surface area contributed by atoms with Crippen LogP contribution in [-0.2, 0) is 16.4 Å². The van der Waals surface area contributed by atoms with E-state index < -0.39 is 10.0 Å². The average molecular weight is 362 g/mol. The number of amides is 1. The summed E-state index contributed by atoms with van der Waals surface area (Å²) in [6.07, 6.45) is 2.05. The van der Waals surface area contributed by atoms with Gasteiger partial charge in [0.25, 0.3) is 5.91 Å². The van der Waals surface area contributed by atoms with Crippen molar-refractivity contribution in [3.63, 3.8) is 0 Å².